The normalized spacial score (nSPS) is 14.7. The van der Waals surface area contributed by atoms with E-state index in [1.807, 2.05) is 36.4 Å². The zero-order valence-corrected chi connectivity index (χ0v) is 22.9. The summed E-state index contributed by atoms with van der Waals surface area (Å²) in [5.41, 5.74) is 2.87. The van der Waals surface area contributed by atoms with E-state index in [9.17, 15) is 27.6 Å². The van der Waals surface area contributed by atoms with E-state index in [1.54, 1.807) is 47.4 Å². The van der Waals surface area contributed by atoms with Crippen molar-refractivity contribution in [3.63, 3.8) is 0 Å². The molecule has 4 aromatic rings. The summed E-state index contributed by atoms with van der Waals surface area (Å²) in [5, 5.41) is 5.47. The minimum atomic E-state index is -4.42. The van der Waals surface area contributed by atoms with Gasteiger partial charge in [-0.2, -0.15) is 13.2 Å². The van der Waals surface area contributed by atoms with Crippen LogP contribution < -0.4 is 10.6 Å². The van der Waals surface area contributed by atoms with Crippen molar-refractivity contribution >= 4 is 23.6 Å². The molecule has 7 nitrogen and oxygen atoms in total. The minimum Gasteiger partial charge on any atom is -0.447 e. The lowest BCUT2D eigenvalue weighted by atomic mass is 10.0. The van der Waals surface area contributed by atoms with Gasteiger partial charge in [0, 0.05) is 29.9 Å². The molecule has 0 unspecified atom stereocenters. The van der Waals surface area contributed by atoms with Gasteiger partial charge in [0.25, 0.3) is 11.8 Å². The Morgan fingerprint density at radius 3 is 2.19 bits per heavy atom. The molecule has 10 heteroatoms. The first-order chi connectivity index (χ1) is 20.7. The highest BCUT2D eigenvalue weighted by Crippen LogP contribution is 2.29. The monoisotopic (exact) mass is 587 g/mol. The van der Waals surface area contributed by atoms with Gasteiger partial charge in [0.05, 0.1) is 11.6 Å². The van der Waals surface area contributed by atoms with E-state index in [-0.39, 0.29) is 24.6 Å². The van der Waals surface area contributed by atoms with Gasteiger partial charge < -0.3 is 15.4 Å². The summed E-state index contributed by atoms with van der Waals surface area (Å²) in [6.07, 6.45) is -4.15. The molecule has 0 radical (unpaired) electrons. The van der Waals surface area contributed by atoms with Gasteiger partial charge in [-0.15, -0.1) is 0 Å². The highest BCUT2D eigenvalue weighted by molar-refractivity contribution is 6.04. The van der Waals surface area contributed by atoms with Gasteiger partial charge in [0.15, 0.2) is 0 Å². The standard InChI is InChI=1S/C33H28F3N3O4/c34-33(35,36)27-13-9-23(10-14-27)19-37-30(40)25-11-15-28(16-12-25)38-31(41)26-8-4-7-24(17-26)20-39-29(21-43-32(39)42)18-22-5-2-1-3-6-22/h1-17,29H,18-21H2,(H,37,40)(H,38,41)/t29-/m0/s1. The Labute approximate surface area is 246 Å². The van der Waals surface area contributed by atoms with Gasteiger partial charge in [0.1, 0.15) is 6.61 Å². The number of anilines is 1. The van der Waals surface area contributed by atoms with Gasteiger partial charge in [0.2, 0.25) is 0 Å². The Morgan fingerprint density at radius 1 is 0.791 bits per heavy atom. The van der Waals surface area contributed by atoms with Crippen molar-refractivity contribution in [3.05, 3.63) is 137 Å². The number of carbonyl (C=O) groups is 3. The largest absolute Gasteiger partial charge is 0.447 e. The molecule has 0 saturated carbocycles. The van der Waals surface area contributed by atoms with Crippen LogP contribution in [0.1, 0.15) is 43.0 Å². The van der Waals surface area contributed by atoms with Crippen molar-refractivity contribution in [1.82, 2.24) is 10.2 Å². The van der Waals surface area contributed by atoms with Crippen molar-refractivity contribution in [2.45, 2.75) is 31.7 Å². The van der Waals surface area contributed by atoms with Crippen LogP contribution in [0.3, 0.4) is 0 Å². The van der Waals surface area contributed by atoms with Gasteiger partial charge in [-0.3, -0.25) is 14.5 Å². The number of nitrogens with one attached hydrogen (secondary N) is 2. The number of carbonyl (C=O) groups excluding carboxylic acids is 3. The number of amides is 3. The number of alkyl halides is 3. The Bertz CT molecular complexity index is 1590. The SMILES string of the molecule is O=C(NCc1ccc(C(F)(F)F)cc1)c1ccc(NC(=O)c2cccc(CN3C(=O)OC[C@@H]3Cc3ccccc3)c2)cc1. The average Bonchev–Trinajstić information content (AvgIpc) is 3.34. The van der Waals surface area contributed by atoms with Crippen molar-refractivity contribution in [1.29, 1.82) is 0 Å². The van der Waals surface area contributed by atoms with Crippen LogP contribution in [0, 0.1) is 0 Å². The van der Waals surface area contributed by atoms with Crippen molar-refractivity contribution in [2.75, 3.05) is 11.9 Å². The summed E-state index contributed by atoms with van der Waals surface area (Å²) in [5.74, 6) is -0.761. The average molecular weight is 588 g/mol. The van der Waals surface area contributed by atoms with Gasteiger partial charge in [-0.25, -0.2) is 4.79 Å². The van der Waals surface area contributed by atoms with Crippen molar-refractivity contribution in [3.8, 4) is 0 Å². The highest BCUT2D eigenvalue weighted by Gasteiger charge is 2.33. The number of halogens is 3. The van der Waals surface area contributed by atoms with E-state index in [1.165, 1.54) is 12.1 Å². The lowest BCUT2D eigenvalue weighted by molar-refractivity contribution is -0.137. The quantitative estimate of drug-likeness (QED) is 0.236. The molecular weight excluding hydrogens is 559 g/mol. The number of ether oxygens (including phenoxy) is 1. The molecule has 0 bridgehead atoms. The molecule has 1 aliphatic heterocycles. The minimum absolute atomic E-state index is 0.0634. The fourth-order valence-electron chi connectivity index (χ4n) is 4.75. The smallest absolute Gasteiger partial charge is 0.416 e. The molecule has 1 atom stereocenters. The van der Waals surface area contributed by atoms with Crippen LogP contribution >= 0.6 is 0 Å². The number of hydrogen-bond acceptors (Lipinski definition) is 4. The number of rotatable bonds is 9. The van der Waals surface area contributed by atoms with E-state index in [2.05, 4.69) is 10.6 Å². The second-order valence-electron chi connectivity index (χ2n) is 10.2. The van der Waals surface area contributed by atoms with Crippen LogP contribution in [0.25, 0.3) is 0 Å². The third kappa shape index (κ3) is 7.59. The van der Waals surface area contributed by atoms with Gasteiger partial charge >= 0.3 is 12.3 Å². The number of cyclic esters (lactones) is 1. The maximum absolute atomic E-state index is 13.0. The van der Waals surface area contributed by atoms with Gasteiger partial charge in [-0.05, 0) is 71.6 Å². The van der Waals surface area contributed by atoms with Crippen LogP contribution in [-0.2, 0) is 30.4 Å². The van der Waals surface area contributed by atoms with Crippen LogP contribution in [-0.4, -0.2) is 35.5 Å². The molecule has 220 valence electrons. The third-order valence-electron chi connectivity index (χ3n) is 7.07. The Kier molecular flexibility index (Phi) is 8.75. The molecule has 3 amide bonds. The second kappa shape index (κ2) is 12.8. The zero-order valence-electron chi connectivity index (χ0n) is 22.9. The molecule has 0 aromatic heterocycles. The fraction of sp³-hybridized carbons (Fsp3) is 0.182. The zero-order chi connectivity index (χ0) is 30.4. The molecule has 43 heavy (non-hydrogen) atoms. The van der Waals surface area contributed by atoms with E-state index < -0.39 is 17.6 Å². The Balaban J connectivity index is 1.16. The van der Waals surface area contributed by atoms with E-state index >= 15 is 0 Å². The van der Waals surface area contributed by atoms with Crippen LogP contribution in [0.2, 0.25) is 0 Å². The highest BCUT2D eigenvalue weighted by atomic mass is 19.4. The molecule has 0 aliphatic carbocycles. The van der Waals surface area contributed by atoms with Crippen LogP contribution in [0.5, 0.6) is 0 Å². The first-order valence-electron chi connectivity index (χ1n) is 13.6. The summed E-state index contributed by atoms with van der Waals surface area (Å²) < 4.78 is 43.5. The van der Waals surface area contributed by atoms with E-state index in [0.29, 0.717) is 42.0 Å². The number of hydrogen-bond donors (Lipinski definition) is 2. The summed E-state index contributed by atoms with van der Waals surface area (Å²) in [6.45, 7) is 0.665. The molecule has 1 aliphatic rings. The predicted octanol–water partition coefficient (Wildman–Crippen LogP) is 6.45. The summed E-state index contributed by atoms with van der Waals surface area (Å²) in [7, 11) is 0. The van der Waals surface area contributed by atoms with Crippen LogP contribution in [0.4, 0.5) is 23.7 Å². The maximum atomic E-state index is 13.0. The van der Waals surface area contributed by atoms with Gasteiger partial charge in [-0.1, -0.05) is 54.6 Å². The van der Waals surface area contributed by atoms with Crippen molar-refractivity contribution in [2.24, 2.45) is 0 Å². The lowest BCUT2D eigenvalue weighted by Gasteiger charge is -2.22. The fourth-order valence-corrected chi connectivity index (χ4v) is 4.75. The van der Waals surface area contributed by atoms with E-state index in [4.69, 9.17) is 4.74 Å². The molecular formula is C33H28F3N3O4. The first-order valence-corrected chi connectivity index (χ1v) is 13.6. The summed E-state index contributed by atoms with van der Waals surface area (Å²) >= 11 is 0. The molecule has 1 fully saturated rings. The topological polar surface area (TPSA) is 87.7 Å². The molecule has 1 saturated heterocycles. The molecule has 4 aromatic carbocycles. The first kappa shape index (κ1) is 29.4. The second-order valence-corrected chi connectivity index (χ2v) is 10.2. The Hall–Kier alpha value is -5.12. The molecule has 1 heterocycles. The van der Waals surface area contributed by atoms with E-state index in [0.717, 1.165) is 23.3 Å². The molecule has 5 rings (SSSR count). The third-order valence-corrected chi connectivity index (χ3v) is 7.07. The van der Waals surface area contributed by atoms with Crippen LogP contribution in [0.15, 0.2) is 103 Å². The molecule has 2 N–H and O–H groups in total. The number of benzene rings is 4. The maximum Gasteiger partial charge on any atom is 0.416 e. The van der Waals surface area contributed by atoms with Crippen molar-refractivity contribution < 1.29 is 32.3 Å². The summed E-state index contributed by atoms with van der Waals surface area (Å²) in [6, 6.07) is 27.6. The molecule has 0 spiro atoms. The number of nitrogens with zero attached hydrogens (tertiary/aromatic N) is 1. The predicted molar refractivity (Wildman–Crippen MR) is 154 cm³/mol. The summed E-state index contributed by atoms with van der Waals surface area (Å²) in [4.78, 5) is 39.6. The lowest BCUT2D eigenvalue weighted by Crippen LogP contribution is -2.34. The Morgan fingerprint density at radius 2 is 1.49 bits per heavy atom.